The molecule has 0 aliphatic rings. The van der Waals surface area contributed by atoms with Crippen LogP contribution in [-0.4, -0.2) is 22.4 Å². The zero-order valence-electron chi connectivity index (χ0n) is 10.7. The van der Waals surface area contributed by atoms with E-state index in [0.717, 1.165) is 0 Å². The summed E-state index contributed by atoms with van der Waals surface area (Å²) in [6, 6.07) is 8.74. The lowest BCUT2D eigenvalue weighted by atomic mass is 10.1. The second-order valence-electron chi connectivity index (χ2n) is 4.52. The Hall–Kier alpha value is -1.33. The number of rotatable bonds is 5. The predicted molar refractivity (Wildman–Crippen MR) is 72.2 cm³/mol. The minimum atomic E-state index is -0.458. The van der Waals surface area contributed by atoms with Gasteiger partial charge in [-0.05, 0) is 26.0 Å². The van der Waals surface area contributed by atoms with Crippen molar-refractivity contribution in [3.8, 4) is 0 Å². The van der Waals surface area contributed by atoms with Crippen LogP contribution in [0.4, 0.5) is 0 Å². The summed E-state index contributed by atoms with van der Waals surface area (Å²) in [6.07, 6.45) is 0. The molecule has 1 aromatic carbocycles. The predicted octanol–water partition coefficient (Wildman–Crippen LogP) is 2.41. The molecule has 0 saturated heterocycles. The average molecular weight is 267 g/mol. The van der Waals surface area contributed by atoms with E-state index in [0.29, 0.717) is 11.3 Å². The zero-order valence-corrected chi connectivity index (χ0v) is 11.5. The van der Waals surface area contributed by atoms with Crippen LogP contribution < -0.4 is 5.48 Å². The minimum absolute atomic E-state index is 0.0410. The number of thioether (sulfide) groups is 1. The number of hydrogen-bond donors (Lipinski definition) is 1. The van der Waals surface area contributed by atoms with Gasteiger partial charge in [-0.15, -0.1) is 5.48 Å². The molecule has 0 atom stereocenters. The van der Waals surface area contributed by atoms with E-state index >= 15 is 0 Å². The lowest BCUT2D eigenvalue weighted by Crippen LogP contribution is -2.43. The molecule has 4 nitrogen and oxygen atoms in total. The highest BCUT2D eigenvalue weighted by Crippen LogP contribution is 2.13. The van der Waals surface area contributed by atoms with E-state index in [1.54, 1.807) is 24.3 Å². The first-order chi connectivity index (χ1) is 8.41. The maximum absolute atomic E-state index is 11.7. The molecule has 0 aromatic heterocycles. The third kappa shape index (κ3) is 5.33. The summed E-state index contributed by atoms with van der Waals surface area (Å²) in [5, 5.41) is 0.0410. The second-order valence-corrected chi connectivity index (χ2v) is 5.67. The van der Waals surface area contributed by atoms with Crippen molar-refractivity contribution >= 4 is 22.8 Å². The molecule has 0 heterocycles. The summed E-state index contributed by atoms with van der Waals surface area (Å²) >= 11 is 1.19. The largest absolute Gasteiger partial charge is 0.366 e. The van der Waals surface area contributed by atoms with E-state index < -0.39 is 11.5 Å². The molecule has 1 aromatic rings. The van der Waals surface area contributed by atoms with Gasteiger partial charge in [0.2, 0.25) is 0 Å². The van der Waals surface area contributed by atoms with Crippen LogP contribution >= 0.6 is 11.8 Å². The number of carbonyl (C=O) groups is 2. The van der Waals surface area contributed by atoms with Crippen molar-refractivity contribution in [1.82, 2.24) is 5.48 Å². The van der Waals surface area contributed by atoms with Gasteiger partial charge in [-0.3, -0.25) is 4.79 Å². The summed E-state index contributed by atoms with van der Waals surface area (Å²) in [5.41, 5.74) is 2.72. The van der Waals surface area contributed by atoms with E-state index in [9.17, 15) is 9.59 Å². The Morgan fingerprint density at radius 3 is 2.44 bits per heavy atom. The average Bonchev–Trinajstić information content (AvgIpc) is 2.35. The first-order valence-corrected chi connectivity index (χ1v) is 6.56. The molecule has 0 fully saturated rings. The van der Waals surface area contributed by atoms with E-state index in [-0.39, 0.29) is 5.12 Å². The molecule has 0 unspecified atom stereocenters. The SMILES string of the molecule is CC(=O)SCC(C)(C)NOC(=O)c1ccccc1. The third-order valence-corrected chi connectivity index (χ3v) is 3.34. The Bertz CT molecular complexity index is 418. The second kappa shape index (κ2) is 6.56. The summed E-state index contributed by atoms with van der Waals surface area (Å²) in [5.74, 6) is 0.0983. The van der Waals surface area contributed by atoms with Gasteiger partial charge in [-0.1, -0.05) is 30.0 Å². The summed E-state index contributed by atoms with van der Waals surface area (Å²) in [4.78, 5) is 27.6. The topological polar surface area (TPSA) is 55.4 Å². The first kappa shape index (κ1) is 14.7. The standard InChI is InChI=1S/C13H17NO3S/c1-10(15)18-9-13(2,3)14-17-12(16)11-7-5-4-6-8-11/h4-8,14H,9H2,1-3H3. The van der Waals surface area contributed by atoms with Gasteiger partial charge in [0, 0.05) is 12.7 Å². The molecule has 0 saturated carbocycles. The third-order valence-electron chi connectivity index (χ3n) is 2.07. The van der Waals surface area contributed by atoms with Crippen molar-refractivity contribution in [1.29, 1.82) is 0 Å². The van der Waals surface area contributed by atoms with Crippen LogP contribution in [0.5, 0.6) is 0 Å². The highest BCUT2D eigenvalue weighted by Gasteiger charge is 2.21. The molecule has 18 heavy (non-hydrogen) atoms. The van der Waals surface area contributed by atoms with Crippen LogP contribution in [0, 0.1) is 0 Å². The molecule has 0 bridgehead atoms. The first-order valence-electron chi connectivity index (χ1n) is 5.57. The fraction of sp³-hybridized carbons (Fsp3) is 0.385. The van der Waals surface area contributed by atoms with E-state index in [1.807, 2.05) is 19.9 Å². The van der Waals surface area contributed by atoms with Gasteiger partial charge >= 0.3 is 5.97 Å². The molecule has 0 aliphatic heterocycles. The molecule has 98 valence electrons. The number of hydroxylamine groups is 1. The quantitative estimate of drug-likeness (QED) is 0.830. The molecule has 0 amide bonds. The molecular formula is C13H17NO3S. The number of benzene rings is 1. The van der Waals surface area contributed by atoms with Gasteiger partial charge in [-0.25, -0.2) is 4.79 Å². The van der Waals surface area contributed by atoms with E-state index in [2.05, 4.69) is 5.48 Å². The summed E-state index contributed by atoms with van der Waals surface area (Å²) < 4.78 is 0. The van der Waals surface area contributed by atoms with Crippen LogP contribution in [0.1, 0.15) is 31.1 Å². The fourth-order valence-electron chi connectivity index (χ4n) is 1.13. The van der Waals surface area contributed by atoms with Crippen LogP contribution in [0.15, 0.2) is 30.3 Å². The normalized spacial score (nSPS) is 11.1. The Balaban J connectivity index is 2.44. The maximum Gasteiger partial charge on any atom is 0.356 e. The highest BCUT2D eigenvalue weighted by molar-refractivity contribution is 8.13. The summed E-state index contributed by atoms with van der Waals surface area (Å²) in [7, 11) is 0. The molecule has 0 spiro atoms. The van der Waals surface area contributed by atoms with Crippen LogP contribution in [0.3, 0.4) is 0 Å². The lowest BCUT2D eigenvalue weighted by molar-refractivity contribution is -0.109. The van der Waals surface area contributed by atoms with Crippen LogP contribution in [0.2, 0.25) is 0 Å². The molecule has 5 heteroatoms. The Labute approximate surface area is 111 Å². The molecule has 0 radical (unpaired) electrons. The minimum Gasteiger partial charge on any atom is -0.366 e. The summed E-state index contributed by atoms with van der Waals surface area (Å²) in [6.45, 7) is 5.24. The molecule has 1 N–H and O–H groups in total. The monoisotopic (exact) mass is 267 g/mol. The zero-order chi connectivity index (χ0) is 13.6. The number of carbonyl (C=O) groups excluding carboxylic acids is 2. The van der Waals surface area contributed by atoms with Crippen molar-refractivity contribution in [3.63, 3.8) is 0 Å². The molecule has 1 rings (SSSR count). The van der Waals surface area contributed by atoms with Gasteiger partial charge in [0.15, 0.2) is 5.12 Å². The Kier molecular flexibility index (Phi) is 5.37. The van der Waals surface area contributed by atoms with Gasteiger partial charge in [0.25, 0.3) is 0 Å². The van der Waals surface area contributed by atoms with E-state index in [4.69, 9.17) is 4.84 Å². The van der Waals surface area contributed by atoms with Crippen LogP contribution in [0.25, 0.3) is 0 Å². The van der Waals surface area contributed by atoms with Crippen molar-refractivity contribution in [2.45, 2.75) is 26.3 Å². The Morgan fingerprint density at radius 2 is 1.89 bits per heavy atom. The van der Waals surface area contributed by atoms with Gasteiger partial charge in [-0.2, -0.15) is 0 Å². The fourth-order valence-corrected chi connectivity index (χ4v) is 1.75. The number of nitrogens with one attached hydrogen (secondary N) is 1. The smallest absolute Gasteiger partial charge is 0.356 e. The number of hydrogen-bond acceptors (Lipinski definition) is 5. The van der Waals surface area contributed by atoms with Crippen molar-refractivity contribution < 1.29 is 14.4 Å². The van der Waals surface area contributed by atoms with Crippen molar-refractivity contribution in [2.75, 3.05) is 5.75 Å². The lowest BCUT2D eigenvalue weighted by Gasteiger charge is -2.23. The van der Waals surface area contributed by atoms with E-state index in [1.165, 1.54) is 18.7 Å². The van der Waals surface area contributed by atoms with Crippen molar-refractivity contribution in [2.24, 2.45) is 0 Å². The van der Waals surface area contributed by atoms with Gasteiger partial charge in [0.05, 0.1) is 11.1 Å². The molecule has 0 aliphatic carbocycles. The highest BCUT2D eigenvalue weighted by atomic mass is 32.2. The van der Waals surface area contributed by atoms with Crippen LogP contribution in [-0.2, 0) is 9.63 Å². The van der Waals surface area contributed by atoms with Gasteiger partial charge in [0.1, 0.15) is 0 Å². The van der Waals surface area contributed by atoms with Gasteiger partial charge < -0.3 is 4.84 Å². The Morgan fingerprint density at radius 1 is 1.28 bits per heavy atom. The molecular weight excluding hydrogens is 250 g/mol. The van der Waals surface area contributed by atoms with Crippen molar-refractivity contribution in [3.05, 3.63) is 35.9 Å². The maximum atomic E-state index is 11.7.